The summed E-state index contributed by atoms with van der Waals surface area (Å²) in [7, 11) is -2.06. The van der Waals surface area contributed by atoms with Crippen molar-refractivity contribution in [2.24, 2.45) is 5.41 Å². The number of carbonyl (C=O) groups excluding carboxylic acids is 2. The molecule has 0 fully saturated rings. The number of hydrogen-bond acceptors (Lipinski definition) is 6. The van der Waals surface area contributed by atoms with Crippen LogP contribution in [-0.4, -0.2) is 50.8 Å². The Morgan fingerprint density at radius 1 is 1.04 bits per heavy atom. The fraction of sp³-hybridized carbons (Fsp3) is 0.875. The Kier molecular flexibility index (Phi) is 7.93. The van der Waals surface area contributed by atoms with E-state index >= 15 is 0 Å². The Hall–Kier alpha value is -0.923. The first-order valence-electron chi connectivity index (χ1n) is 7.97. The molecule has 23 heavy (non-hydrogen) atoms. The van der Waals surface area contributed by atoms with Crippen molar-refractivity contribution in [3.63, 3.8) is 0 Å². The van der Waals surface area contributed by atoms with Gasteiger partial charge in [0.15, 0.2) is 8.32 Å². The van der Waals surface area contributed by atoms with Crippen LogP contribution < -0.4 is 0 Å². The van der Waals surface area contributed by atoms with Gasteiger partial charge in [0.05, 0.1) is 18.6 Å². The average molecular weight is 349 g/mol. The number of ether oxygens (including phenoxy) is 2. The molecule has 7 heteroatoms. The zero-order chi connectivity index (χ0) is 18.5. The molecule has 0 heterocycles. The molecule has 0 aromatic carbocycles. The van der Waals surface area contributed by atoms with Crippen molar-refractivity contribution < 1.29 is 28.6 Å². The highest BCUT2D eigenvalue weighted by Gasteiger charge is 2.43. The minimum atomic E-state index is -2.06. The van der Waals surface area contributed by atoms with Crippen LogP contribution in [0.15, 0.2) is 0 Å². The van der Waals surface area contributed by atoms with Crippen LogP contribution >= 0.6 is 0 Å². The zero-order valence-corrected chi connectivity index (χ0v) is 16.7. The molecule has 1 unspecified atom stereocenters. The summed E-state index contributed by atoms with van der Waals surface area (Å²) in [6, 6.07) is 0. The van der Waals surface area contributed by atoms with Crippen molar-refractivity contribution in [2.45, 2.75) is 65.8 Å². The molecule has 0 saturated heterocycles. The van der Waals surface area contributed by atoms with Crippen molar-refractivity contribution in [1.29, 1.82) is 0 Å². The van der Waals surface area contributed by atoms with Crippen LogP contribution in [0.2, 0.25) is 18.6 Å². The second kappa shape index (κ2) is 8.26. The summed E-state index contributed by atoms with van der Waals surface area (Å²) in [5.74, 6) is -1.34. The maximum Gasteiger partial charge on any atom is 0.344 e. The molecule has 1 N–H and O–H groups in total. The number of esters is 2. The van der Waals surface area contributed by atoms with Crippen LogP contribution in [0, 0.1) is 5.41 Å². The van der Waals surface area contributed by atoms with E-state index < -0.39 is 37.9 Å². The van der Waals surface area contributed by atoms with Gasteiger partial charge in [0.2, 0.25) is 5.60 Å². The molecule has 0 amide bonds. The SMILES string of the molecule is CCOC(=O)C(O)(COC(=O)C(C)(C)C)CO[Si](C)(C)C(C)C. The predicted molar refractivity (Wildman–Crippen MR) is 90.5 cm³/mol. The van der Waals surface area contributed by atoms with E-state index in [0.717, 1.165) is 0 Å². The van der Waals surface area contributed by atoms with E-state index in [1.165, 1.54) is 0 Å². The van der Waals surface area contributed by atoms with Crippen LogP contribution in [0.4, 0.5) is 0 Å². The topological polar surface area (TPSA) is 82.1 Å². The lowest BCUT2D eigenvalue weighted by Gasteiger charge is -2.33. The van der Waals surface area contributed by atoms with Crippen LogP contribution in [0.3, 0.4) is 0 Å². The van der Waals surface area contributed by atoms with Crippen molar-refractivity contribution >= 4 is 20.3 Å². The first-order chi connectivity index (χ1) is 10.3. The van der Waals surface area contributed by atoms with Gasteiger partial charge in [0, 0.05) is 0 Å². The maximum absolute atomic E-state index is 12.1. The molecule has 0 aliphatic heterocycles. The molecule has 0 spiro atoms. The molecule has 0 rings (SSSR count). The van der Waals surface area contributed by atoms with Crippen molar-refractivity contribution in [3.8, 4) is 0 Å². The Morgan fingerprint density at radius 3 is 1.96 bits per heavy atom. The molecule has 0 aromatic heterocycles. The van der Waals surface area contributed by atoms with E-state index in [0.29, 0.717) is 5.54 Å². The first kappa shape index (κ1) is 22.1. The highest BCUT2D eigenvalue weighted by molar-refractivity contribution is 6.72. The lowest BCUT2D eigenvalue weighted by Crippen LogP contribution is -2.52. The van der Waals surface area contributed by atoms with Crippen molar-refractivity contribution in [3.05, 3.63) is 0 Å². The second-order valence-electron chi connectivity index (χ2n) is 7.63. The lowest BCUT2D eigenvalue weighted by molar-refractivity contribution is -0.182. The second-order valence-corrected chi connectivity index (χ2v) is 12.3. The quantitative estimate of drug-likeness (QED) is 0.536. The van der Waals surface area contributed by atoms with Gasteiger partial charge in [-0.05, 0) is 46.3 Å². The number of aliphatic hydroxyl groups is 1. The Balaban J connectivity index is 5.05. The summed E-state index contributed by atoms with van der Waals surface area (Å²) in [4.78, 5) is 24.0. The van der Waals surface area contributed by atoms with Crippen molar-refractivity contribution in [2.75, 3.05) is 19.8 Å². The minimum Gasteiger partial charge on any atom is -0.464 e. The van der Waals surface area contributed by atoms with E-state index in [1.54, 1.807) is 27.7 Å². The van der Waals surface area contributed by atoms with Crippen LogP contribution in [0.1, 0.15) is 41.5 Å². The summed E-state index contributed by atoms with van der Waals surface area (Å²) in [5, 5.41) is 10.6. The first-order valence-corrected chi connectivity index (χ1v) is 11.0. The Labute approximate surface area is 140 Å². The maximum atomic E-state index is 12.1. The molecule has 0 bridgehead atoms. The fourth-order valence-electron chi connectivity index (χ4n) is 1.30. The number of hydrogen-bond donors (Lipinski definition) is 1. The lowest BCUT2D eigenvalue weighted by atomic mass is 9.97. The van der Waals surface area contributed by atoms with E-state index in [1.807, 2.05) is 26.9 Å². The molecular formula is C16H32O6Si. The largest absolute Gasteiger partial charge is 0.464 e. The molecular weight excluding hydrogens is 316 g/mol. The Bertz CT molecular complexity index is 413. The van der Waals surface area contributed by atoms with E-state index in [2.05, 4.69) is 0 Å². The molecule has 6 nitrogen and oxygen atoms in total. The van der Waals surface area contributed by atoms with Crippen LogP contribution in [0.5, 0.6) is 0 Å². The van der Waals surface area contributed by atoms with Crippen LogP contribution in [0.25, 0.3) is 0 Å². The summed E-state index contributed by atoms with van der Waals surface area (Å²) in [6.07, 6.45) is 0. The zero-order valence-electron chi connectivity index (χ0n) is 15.7. The molecule has 0 radical (unpaired) electrons. The normalized spacial score (nSPS) is 15.2. The van der Waals surface area contributed by atoms with Gasteiger partial charge in [-0.1, -0.05) is 13.8 Å². The highest BCUT2D eigenvalue weighted by atomic mass is 28.4. The molecule has 0 aliphatic carbocycles. The minimum absolute atomic E-state index is 0.124. The summed E-state index contributed by atoms with van der Waals surface area (Å²) in [5.41, 5.74) is -2.40. The summed E-state index contributed by atoms with van der Waals surface area (Å²) >= 11 is 0. The van der Waals surface area contributed by atoms with Gasteiger partial charge in [0.1, 0.15) is 6.61 Å². The third-order valence-electron chi connectivity index (χ3n) is 3.78. The smallest absolute Gasteiger partial charge is 0.344 e. The average Bonchev–Trinajstić information content (AvgIpc) is 2.41. The van der Waals surface area contributed by atoms with Gasteiger partial charge < -0.3 is 19.0 Å². The van der Waals surface area contributed by atoms with Gasteiger partial charge in [-0.3, -0.25) is 4.79 Å². The van der Waals surface area contributed by atoms with E-state index in [9.17, 15) is 14.7 Å². The molecule has 0 saturated carbocycles. The molecule has 136 valence electrons. The third-order valence-corrected chi connectivity index (χ3v) is 7.45. The van der Waals surface area contributed by atoms with Gasteiger partial charge >= 0.3 is 11.9 Å². The summed E-state index contributed by atoms with van der Waals surface area (Å²) < 4.78 is 15.9. The molecule has 0 aliphatic rings. The van der Waals surface area contributed by atoms with Crippen LogP contribution in [-0.2, 0) is 23.5 Å². The fourth-order valence-corrected chi connectivity index (χ4v) is 2.24. The Morgan fingerprint density at radius 2 is 1.57 bits per heavy atom. The van der Waals surface area contributed by atoms with E-state index in [4.69, 9.17) is 13.9 Å². The molecule has 1 atom stereocenters. The number of rotatable bonds is 8. The third kappa shape index (κ3) is 7.01. The predicted octanol–water partition coefficient (Wildman–Crippen LogP) is 2.50. The standard InChI is InChI=1S/C16H32O6Si/c1-9-20-14(18)16(19,10-21-13(17)15(4,5)6)11-22-23(7,8)12(2)3/h12,19H,9-11H2,1-8H3. The highest BCUT2D eigenvalue weighted by Crippen LogP contribution is 2.24. The molecule has 0 aromatic rings. The van der Waals surface area contributed by atoms with Gasteiger partial charge in [0.25, 0.3) is 0 Å². The van der Waals surface area contributed by atoms with Gasteiger partial charge in [-0.2, -0.15) is 0 Å². The van der Waals surface area contributed by atoms with E-state index in [-0.39, 0.29) is 13.2 Å². The summed E-state index contributed by atoms with van der Waals surface area (Å²) in [6.45, 7) is 14.2. The van der Waals surface area contributed by atoms with Gasteiger partial charge in [-0.15, -0.1) is 0 Å². The van der Waals surface area contributed by atoms with Gasteiger partial charge in [-0.25, -0.2) is 4.79 Å². The number of carbonyl (C=O) groups is 2. The monoisotopic (exact) mass is 348 g/mol. The van der Waals surface area contributed by atoms with Crippen molar-refractivity contribution in [1.82, 2.24) is 0 Å².